The van der Waals surface area contributed by atoms with E-state index in [-0.39, 0.29) is 17.6 Å². The summed E-state index contributed by atoms with van der Waals surface area (Å²) in [5.41, 5.74) is 3.10. The van der Waals surface area contributed by atoms with Gasteiger partial charge in [0.05, 0.1) is 23.1 Å². The van der Waals surface area contributed by atoms with Crippen LogP contribution in [0.4, 0.5) is 17.2 Å². The molecule has 7 heteroatoms. The van der Waals surface area contributed by atoms with Crippen LogP contribution in [-0.4, -0.2) is 21.9 Å². The summed E-state index contributed by atoms with van der Waals surface area (Å²) in [6.07, 6.45) is 4.05. The first kappa shape index (κ1) is 17.8. The Hall–Kier alpha value is -2.63. The lowest BCUT2D eigenvalue weighted by Gasteiger charge is -2.23. The monoisotopic (exact) mass is 398 g/mol. The van der Waals surface area contributed by atoms with Crippen LogP contribution in [0.2, 0.25) is 10.0 Å². The van der Waals surface area contributed by atoms with Crippen LogP contribution < -0.4 is 10.2 Å². The van der Waals surface area contributed by atoms with Crippen molar-refractivity contribution in [3.63, 3.8) is 0 Å². The SMILES string of the molecule is CC1Cc2ccccc2N1c1cnc(C(=O)Nc2ccc(Cl)cc2Cl)cn1. The van der Waals surface area contributed by atoms with Gasteiger partial charge in [0.25, 0.3) is 5.91 Å². The van der Waals surface area contributed by atoms with Gasteiger partial charge in [-0.05, 0) is 43.2 Å². The zero-order chi connectivity index (χ0) is 19.0. The summed E-state index contributed by atoms with van der Waals surface area (Å²) in [4.78, 5) is 23.3. The highest BCUT2D eigenvalue weighted by Crippen LogP contribution is 2.36. The minimum Gasteiger partial charge on any atom is -0.322 e. The topological polar surface area (TPSA) is 58.1 Å². The van der Waals surface area contributed by atoms with E-state index < -0.39 is 0 Å². The molecule has 1 unspecified atom stereocenters. The van der Waals surface area contributed by atoms with Crippen LogP contribution in [0.5, 0.6) is 0 Å². The zero-order valence-corrected chi connectivity index (χ0v) is 16.0. The lowest BCUT2D eigenvalue weighted by atomic mass is 10.1. The average Bonchev–Trinajstić information content (AvgIpc) is 3.00. The van der Waals surface area contributed by atoms with Gasteiger partial charge in [-0.25, -0.2) is 9.97 Å². The van der Waals surface area contributed by atoms with Crippen LogP contribution in [0.15, 0.2) is 54.9 Å². The molecule has 1 amide bonds. The Bertz CT molecular complexity index is 1010. The normalized spacial score (nSPS) is 15.5. The molecule has 0 bridgehead atoms. The number of hydrogen-bond acceptors (Lipinski definition) is 4. The van der Waals surface area contributed by atoms with E-state index in [4.69, 9.17) is 23.2 Å². The van der Waals surface area contributed by atoms with E-state index in [1.807, 2.05) is 12.1 Å². The highest BCUT2D eigenvalue weighted by atomic mass is 35.5. The predicted octanol–water partition coefficient (Wildman–Crippen LogP) is 5.12. The number of rotatable bonds is 3. The van der Waals surface area contributed by atoms with Crippen molar-refractivity contribution in [2.24, 2.45) is 0 Å². The summed E-state index contributed by atoms with van der Waals surface area (Å²) in [6, 6.07) is 13.4. The molecule has 2 heterocycles. The van der Waals surface area contributed by atoms with Crippen LogP contribution in [0.25, 0.3) is 0 Å². The lowest BCUT2D eigenvalue weighted by molar-refractivity contribution is 0.102. The molecule has 1 aliphatic rings. The molecule has 4 rings (SSSR count). The molecule has 0 aliphatic carbocycles. The van der Waals surface area contributed by atoms with Gasteiger partial charge in [-0.1, -0.05) is 41.4 Å². The predicted molar refractivity (Wildman–Crippen MR) is 108 cm³/mol. The van der Waals surface area contributed by atoms with Gasteiger partial charge < -0.3 is 10.2 Å². The number of hydrogen-bond donors (Lipinski definition) is 1. The zero-order valence-electron chi connectivity index (χ0n) is 14.5. The van der Waals surface area contributed by atoms with Crippen molar-refractivity contribution in [1.82, 2.24) is 9.97 Å². The standard InChI is InChI=1S/C20H16Cl2N4O/c1-12-8-13-4-2-3-5-18(13)26(12)19-11-23-17(10-24-19)20(27)25-16-7-6-14(21)9-15(16)22/h2-7,9-12H,8H2,1H3,(H,25,27). The molecular weight excluding hydrogens is 383 g/mol. The Morgan fingerprint density at radius 2 is 1.96 bits per heavy atom. The molecular formula is C20H16Cl2N4O. The number of nitrogens with zero attached hydrogens (tertiary/aromatic N) is 3. The van der Waals surface area contributed by atoms with Gasteiger partial charge >= 0.3 is 0 Å². The van der Waals surface area contributed by atoms with Crippen molar-refractivity contribution < 1.29 is 4.79 Å². The maximum atomic E-state index is 12.4. The number of aromatic nitrogens is 2. The third kappa shape index (κ3) is 3.48. The molecule has 27 heavy (non-hydrogen) atoms. The summed E-state index contributed by atoms with van der Waals surface area (Å²) >= 11 is 12.0. The molecule has 0 saturated heterocycles. The number of anilines is 3. The summed E-state index contributed by atoms with van der Waals surface area (Å²) in [6.45, 7) is 2.14. The number of carbonyl (C=O) groups is 1. The number of amides is 1. The summed E-state index contributed by atoms with van der Waals surface area (Å²) in [5, 5.41) is 3.59. The second-order valence-corrected chi connectivity index (χ2v) is 7.23. The quantitative estimate of drug-likeness (QED) is 0.664. The van der Waals surface area contributed by atoms with Crippen molar-refractivity contribution >= 4 is 46.3 Å². The van der Waals surface area contributed by atoms with Crippen LogP contribution in [-0.2, 0) is 6.42 Å². The van der Waals surface area contributed by atoms with Crippen molar-refractivity contribution in [2.75, 3.05) is 10.2 Å². The molecule has 3 aromatic rings. The molecule has 0 radical (unpaired) electrons. The minimum atomic E-state index is -0.381. The second kappa shape index (κ2) is 7.18. The van der Waals surface area contributed by atoms with Gasteiger partial charge in [0.2, 0.25) is 0 Å². The van der Waals surface area contributed by atoms with Crippen LogP contribution >= 0.6 is 23.2 Å². The minimum absolute atomic E-state index is 0.213. The Kier molecular flexibility index (Phi) is 4.72. The third-order valence-electron chi connectivity index (χ3n) is 4.50. The fraction of sp³-hybridized carbons (Fsp3) is 0.150. The summed E-state index contributed by atoms with van der Waals surface area (Å²) in [5.74, 6) is 0.335. The highest BCUT2D eigenvalue weighted by Gasteiger charge is 2.28. The van der Waals surface area contributed by atoms with Gasteiger partial charge in [-0.15, -0.1) is 0 Å². The van der Waals surface area contributed by atoms with Crippen molar-refractivity contribution in [3.05, 3.63) is 76.2 Å². The largest absolute Gasteiger partial charge is 0.322 e. The number of benzene rings is 2. The molecule has 0 saturated carbocycles. The molecule has 1 aromatic heterocycles. The van der Waals surface area contributed by atoms with Crippen molar-refractivity contribution in [2.45, 2.75) is 19.4 Å². The van der Waals surface area contributed by atoms with E-state index in [0.29, 0.717) is 21.6 Å². The van der Waals surface area contributed by atoms with E-state index in [1.54, 1.807) is 24.4 Å². The number of nitrogens with one attached hydrogen (secondary N) is 1. The molecule has 136 valence electrons. The van der Waals surface area contributed by atoms with Gasteiger partial charge in [0, 0.05) is 16.8 Å². The molecule has 0 spiro atoms. The number of halogens is 2. The summed E-state index contributed by atoms with van der Waals surface area (Å²) < 4.78 is 0. The molecule has 1 atom stereocenters. The third-order valence-corrected chi connectivity index (χ3v) is 5.05. The molecule has 1 aliphatic heterocycles. The van der Waals surface area contributed by atoms with Crippen molar-refractivity contribution in [3.8, 4) is 0 Å². The molecule has 5 nitrogen and oxygen atoms in total. The summed E-state index contributed by atoms with van der Waals surface area (Å²) in [7, 11) is 0. The van der Waals surface area contributed by atoms with Crippen LogP contribution in [0.1, 0.15) is 23.0 Å². The van der Waals surface area contributed by atoms with Crippen molar-refractivity contribution in [1.29, 1.82) is 0 Å². The van der Waals surface area contributed by atoms with Gasteiger partial charge in [0.15, 0.2) is 5.82 Å². The average molecular weight is 399 g/mol. The van der Waals surface area contributed by atoms with Gasteiger partial charge in [0.1, 0.15) is 5.69 Å². The number of fused-ring (bicyclic) bond motifs is 1. The van der Waals surface area contributed by atoms with E-state index in [1.165, 1.54) is 11.8 Å². The fourth-order valence-electron chi connectivity index (χ4n) is 3.25. The smallest absolute Gasteiger partial charge is 0.275 e. The van der Waals surface area contributed by atoms with Gasteiger partial charge in [-0.3, -0.25) is 4.79 Å². The van der Waals surface area contributed by atoms with E-state index in [2.05, 4.69) is 39.2 Å². The maximum Gasteiger partial charge on any atom is 0.275 e. The highest BCUT2D eigenvalue weighted by molar-refractivity contribution is 6.36. The Labute approximate surface area is 167 Å². The molecule has 0 fully saturated rings. The first-order valence-electron chi connectivity index (χ1n) is 8.48. The molecule has 1 N–H and O–H groups in total. The number of para-hydroxylation sites is 1. The van der Waals surface area contributed by atoms with E-state index >= 15 is 0 Å². The van der Waals surface area contributed by atoms with E-state index in [9.17, 15) is 4.79 Å². The second-order valence-electron chi connectivity index (χ2n) is 6.39. The van der Waals surface area contributed by atoms with Crippen LogP contribution in [0.3, 0.4) is 0 Å². The molecule has 2 aromatic carbocycles. The first-order chi connectivity index (χ1) is 13.0. The Morgan fingerprint density at radius 1 is 1.15 bits per heavy atom. The fourth-order valence-corrected chi connectivity index (χ4v) is 3.71. The van der Waals surface area contributed by atoms with E-state index in [0.717, 1.165) is 12.1 Å². The lowest BCUT2D eigenvalue weighted by Crippen LogP contribution is -2.25. The number of carbonyl (C=O) groups excluding carboxylic acids is 1. The first-order valence-corrected chi connectivity index (χ1v) is 9.24. The Balaban J connectivity index is 1.55. The maximum absolute atomic E-state index is 12.4. The van der Waals surface area contributed by atoms with Gasteiger partial charge in [-0.2, -0.15) is 0 Å². The van der Waals surface area contributed by atoms with Crippen LogP contribution in [0, 0.1) is 0 Å². The Morgan fingerprint density at radius 3 is 2.70 bits per heavy atom.